The first kappa shape index (κ1) is 19.7. The first-order chi connectivity index (χ1) is 13.3. The molecule has 28 heavy (non-hydrogen) atoms. The van der Waals surface area contributed by atoms with Crippen LogP contribution in [0.2, 0.25) is 0 Å². The number of hydrogen-bond acceptors (Lipinski definition) is 5. The number of anilines is 1. The van der Waals surface area contributed by atoms with Gasteiger partial charge in [0.05, 0.1) is 11.8 Å². The van der Waals surface area contributed by atoms with Crippen molar-refractivity contribution in [1.82, 2.24) is 4.90 Å². The summed E-state index contributed by atoms with van der Waals surface area (Å²) >= 11 is 0. The van der Waals surface area contributed by atoms with Crippen molar-refractivity contribution in [3.63, 3.8) is 0 Å². The van der Waals surface area contributed by atoms with Gasteiger partial charge < -0.3 is 10.1 Å². The molecule has 3 amide bonds. The van der Waals surface area contributed by atoms with E-state index in [0.29, 0.717) is 12.8 Å². The average molecular weight is 388 g/mol. The number of rotatable bonds is 5. The second-order valence-corrected chi connectivity index (χ2v) is 6.96. The third-order valence-electron chi connectivity index (χ3n) is 5.02. The van der Waals surface area contributed by atoms with E-state index in [-0.39, 0.29) is 17.5 Å². The topological polar surface area (TPSA) is 92.8 Å². The van der Waals surface area contributed by atoms with Crippen LogP contribution in [0.15, 0.2) is 36.4 Å². The number of esters is 1. The molecule has 0 bridgehead atoms. The molecule has 4 atom stereocenters. The van der Waals surface area contributed by atoms with Gasteiger partial charge in [0.25, 0.3) is 5.91 Å². The number of imide groups is 1. The van der Waals surface area contributed by atoms with Gasteiger partial charge in [-0.3, -0.25) is 19.3 Å². The van der Waals surface area contributed by atoms with E-state index >= 15 is 0 Å². The Balaban J connectivity index is 1.61. The lowest BCUT2D eigenvalue weighted by molar-refractivity contribution is -0.163. The van der Waals surface area contributed by atoms with Crippen molar-refractivity contribution in [2.24, 2.45) is 11.8 Å². The van der Waals surface area contributed by atoms with Gasteiger partial charge in [-0.05, 0) is 44.9 Å². The van der Waals surface area contributed by atoms with Crippen molar-refractivity contribution in [3.05, 3.63) is 42.2 Å². The Kier molecular flexibility index (Phi) is 5.58. The lowest BCUT2D eigenvalue weighted by atomic mass is 9.85. The van der Waals surface area contributed by atoms with Crippen LogP contribution in [-0.4, -0.2) is 40.7 Å². The van der Waals surface area contributed by atoms with Gasteiger partial charge in [0, 0.05) is 5.69 Å². The van der Waals surface area contributed by atoms with Crippen molar-refractivity contribution in [2.75, 3.05) is 5.32 Å². The van der Waals surface area contributed by atoms with Gasteiger partial charge in [0.15, 0.2) is 6.10 Å². The predicted octanol–water partition coefficient (Wildman–Crippen LogP) is 2.04. The number of fused-ring (bicyclic) bond motifs is 1. The maximum absolute atomic E-state index is 13.2. The van der Waals surface area contributed by atoms with Gasteiger partial charge in [-0.25, -0.2) is 9.18 Å². The molecule has 1 aromatic carbocycles. The van der Waals surface area contributed by atoms with E-state index < -0.39 is 41.7 Å². The zero-order chi connectivity index (χ0) is 20.4. The summed E-state index contributed by atoms with van der Waals surface area (Å²) in [6.45, 7) is 2.76. The average Bonchev–Trinajstić information content (AvgIpc) is 2.92. The minimum Gasteiger partial charge on any atom is -0.451 e. The first-order valence-electron chi connectivity index (χ1n) is 9.08. The summed E-state index contributed by atoms with van der Waals surface area (Å²) in [6, 6.07) is 4.16. The monoisotopic (exact) mass is 388 g/mol. The third-order valence-corrected chi connectivity index (χ3v) is 5.02. The highest BCUT2D eigenvalue weighted by Gasteiger charge is 2.50. The Morgan fingerprint density at radius 1 is 1.14 bits per heavy atom. The number of carbonyl (C=O) groups excluding carboxylic acids is 4. The van der Waals surface area contributed by atoms with Crippen LogP contribution in [0.25, 0.3) is 0 Å². The molecule has 1 heterocycles. The molecular weight excluding hydrogens is 367 g/mol. The molecular formula is C20H21FN2O5. The van der Waals surface area contributed by atoms with Crippen molar-refractivity contribution in [1.29, 1.82) is 0 Å². The Labute approximate surface area is 161 Å². The van der Waals surface area contributed by atoms with E-state index in [0.717, 1.165) is 11.0 Å². The number of carbonyl (C=O) groups is 4. The molecule has 3 rings (SSSR count). The van der Waals surface area contributed by atoms with Crippen LogP contribution in [0, 0.1) is 17.7 Å². The van der Waals surface area contributed by atoms with E-state index in [2.05, 4.69) is 5.32 Å². The fourth-order valence-electron chi connectivity index (χ4n) is 3.45. The largest absolute Gasteiger partial charge is 0.451 e. The minimum atomic E-state index is -1.19. The summed E-state index contributed by atoms with van der Waals surface area (Å²) < 4.78 is 18.3. The van der Waals surface area contributed by atoms with E-state index in [1.54, 1.807) is 0 Å². The molecule has 1 aliphatic heterocycles. The molecule has 0 spiro atoms. The molecule has 7 nitrogen and oxygen atoms in total. The molecule has 148 valence electrons. The van der Waals surface area contributed by atoms with E-state index in [4.69, 9.17) is 4.74 Å². The highest BCUT2D eigenvalue weighted by atomic mass is 19.1. The SMILES string of the molecule is C[C@@H](OC(=O)[C@H](C)N1C(=O)[C@H]2CC=CC[C@@H]2C1=O)C(=O)Nc1cccc(F)c1. The number of likely N-dealkylation sites (tertiary alicyclic amines) is 1. The molecule has 1 aromatic rings. The van der Waals surface area contributed by atoms with Gasteiger partial charge in [-0.15, -0.1) is 0 Å². The molecule has 1 saturated heterocycles. The molecule has 1 fully saturated rings. The van der Waals surface area contributed by atoms with Crippen LogP contribution in [0.5, 0.6) is 0 Å². The highest BCUT2D eigenvalue weighted by molar-refractivity contribution is 6.08. The standard InChI is InChI=1S/C20H21FN2O5/c1-11(23-18(25)15-8-3-4-9-16(15)19(23)26)20(27)28-12(2)17(24)22-14-7-5-6-13(21)10-14/h3-7,10-12,15-16H,8-9H2,1-2H3,(H,22,24)/t11-,12+,15-,16-/m0/s1. The minimum absolute atomic E-state index is 0.224. The predicted molar refractivity (Wildman–Crippen MR) is 97.3 cm³/mol. The summed E-state index contributed by atoms with van der Waals surface area (Å²) in [4.78, 5) is 50.6. The Bertz CT molecular complexity index is 827. The number of nitrogens with zero attached hydrogens (tertiary/aromatic N) is 1. The molecule has 2 aliphatic rings. The van der Waals surface area contributed by atoms with Gasteiger partial charge in [-0.2, -0.15) is 0 Å². The second-order valence-electron chi connectivity index (χ2n) is 6.96. The Morgan fingerprint density at radius 3 is 2.32 bits per heavy atom. The summed E-state index contributed by atoms with van der Waals surface area (Å²) in [5.74, 6) is -3.68. The van der Waals surface area contributed by atoms with Crippen LogP contribution in [0.3, 0.4) is 0 Å². The maximum atomic E-state index is 13.2. The molecule has 0 aromatic heterocycles. The van der Waals surface area contributed by atoms with Crippen LogP contribution >= 0.6 is 0 Å². The van der Waals surface area contributed by atoms with E-state index in [1.165, 1.54) is 32.0 Å². The molecule has 8 heteroatoms. The van der Waals surface area contributed by atoms with E-state index in [9.17, 15) is 23.6 Å². The second kappa shape index (κ2) is 7.92. The molecule has 0 radical (unpaired) electrons. The summed E-state index contributed by atoms with van der Waals surface area (Å²) in [7, 11) is 0. The fraction of sp³-hybridized carbons (Fsp3) is 0.400. The lowest BCUT2D eigenvalue weighted by Crippen LogP contribution is -2.46. The van der Waals surface area contributed by atoms with Crippen LogP contribution in [-0.2, 0) is 23.9 Å². The summed E-state index contributed by atoms with van der Waals surface area (Å²) in [5, 5.41) is 2.44. The Morgan fingerprint density at radius 2 is 1.75 bits per heavy atom. The van der Waals surface area contributed by atoms with Crippen LogP contribution in [0.4, 0.5) is 10.1 Å². The smallest absolute Gasteiger partial charge is 0.329 e. The number of ether oxygens (including phenoxy) is 1. The zero-order valence-corrected chi connectivity index (χ0v) is 15.6. The molecule has 1 N–H and O–H groups in total. The van der Waals surface area contributed by atoms with Crippen molar-refractivity contribution in [2.45, 2.75) is 38.8 Å². The van der Waals surface area contributed by atoms with Gasteiger partial charge in [-0.1, -0.05) is 18.2 Å². The normalized spacial score (nSPS) is 23.2. The number of amides is 3. The summed E-state index contributed by atoms with van der Waals surface area (Å²) in [5.41, 5.74) is 0.224. The molecule has 1 aliphatic carbocycles. The third kappa shape index (κ3) is 3.81. The van der Waals surface area contributed by atoms with E-state index in [1.807, 2.05) is 12.2 Å². The number of halogens is 1. The van der Waals surface area contributed by atoms with Gasteiger partial charge in [0.2, 0.25) is 11.8 Å². The number of allylic oxidation sites excluding steroid dienone is 2. The molecule has 0 unspecified atom stereocenters. The summed E-state index contributed by atoms with van der Waals surface area (Å²) in [6.07, 6.45) is 3.48. The van der Waals surface area contributed by atoms with Crippen LogP contribution in [0.1, 0.15) is 26.7 Å². The lowest BCUT2D eigenvalue weighted by Gasteiger charge is -2.23. The maximum Gasteiger partial charge on any atom is 0.329 e. The van der Waals surface area contributed by atoms with Gasteiger partial charge in [0.1, 0.15) is 11.9 Å². The van der Waals surface area contributed by atoms with Gasteiger partial charge >= 0.3 is 5.97 Å². The fourth-order valence-corrected chi connectivity index (χ4v) is 3.45. The Hall–Kier alpha value is -3.03. The molecule has 0 saturated carbocycles. The number of nitrogens with one attached hydrogen (secondary N) is 1. The van der Waals surface area contributed by atoms with Crippen molar-refractivity contribution < 1.29 is 28.3 Å². The first-order valence-corrected chi connectivity index (χ1v) is 9.08. The number of hydrogen-bond donors (Lipinski definition) is 1. The van der Waals surface area contributed by atoms with Crippen molar-refractivity contribution >= 4 is 29.4 Å². The number of benzene rings is 1. The highest BCUT2D eigenvalue weighted by Crippen LogP contribution is 2.36. The van der Waals surface area contributed by atoms with Crippen LogP contribution < -0.4 is 5.32 Å². The van der Waals surface area contributed by atoms with Crippen molar-refractivity contribution in [3.8, 4) is 0 Å². The zero-order valence-electron chi connectivity index (χ0n) is 15.6. The quantitative estimate of drug-likeness (QED) is 0.473.